The summed E-state index contributed by atoms with van der Waals surface area (Å²) in [7, 11) is 0. The van der Waals surface area contributed by atoms with Crippen LogP contribution in [0.4, 0.5) is 11.4 Å². The van der Waals surface area contributed by atoms with Gasteiger partial charge in [0.2, 0.25) is 0 Å². The van der Waals surface area contributed by atoms with Crippen molar-refractivity contribution >= 4 is 101 Å². The quantitative estimate of drug-likeness (QED) is 0.0330. The van der Waals surface area contributed by atoms with Crippen LogP contribution in [0.25, 0.3) is 33.1 Å². The molecule has 4 aromatic rings. The molecule has 2 unspecified atom stereocenters. The van der Waals surface area contributed by atoms with E-state index in [9.17, 15) is 9.59 Å². The van der Waals surface area contributed by atoms with E-state index in [1.54, 1.807) is 22.7 Å². The van der Waals surface area contributed by atoms with Crippen LogP contribution in [0, 0.1) is 11.8 Å². The second-order valence-corrected chi connectivity index (χ2v) is 26.1. The van der Waals surface area contributed by atoms with Crippen molar-refractivity contribution in [2.75, 3.05) is 22.9 Å². The van der Waals surface area contributed by atoms with Gasteiger partial charge >= 0.3 is 0 Å². The maximum Gasteiger partial charge on any atom is 0.259 e. The van der Waals surface area contributed by atoms with Crippen molar-refractivity contribution in [2.45, 2.75) is 233 Å². The summed E-state index contributed by atoms with van der Waals surface area (Å²) in [5.41, 5.74) is 5.74. The molecule has 0 bridgehead atoms. The molecule has 2 aromatic heterocycles. The van der Waals surface area contributed by atoms with Gasteiger partial charge in [-0.05, 0) is 98.2 Å². The van der Waals surface area contributed by atoms with Gasteiger partial charge in [-0.2, -0.15) is 0 Å². The third-order valence-corrected chi connectivity index (χ3v) is 19.1. The van der Waals surface area contributed by atoms with Gasteiger partial charge in [-0.25, -0.2) is 0 Å². The monoisotopic (exact) mass is 1170 g/mol. The van der Waals surface area contributed by atoms with Crippen molar-refractivity contribution in [3.8, 4) is 9.75 Å². The van der Waals surface area contributed by atoms with Crippen LogP contribution in [0.5, 0.6) is 0 Å². The molecule has 2 aliphatic heterocycles. The Balaban J connectivity index is 1.14. The Morgan fingerprint density at radius 2 is 0.703 bits per heavy atom. The predicted octanol–water partition coefficient (Wildman–Crippen LogP) is 22.6. The molecule has 2 atom stereocenters. The van der Waals surface area contributed by atoms with Crippen LogP contribution in [0.2, 0.25) is 0 Å². The molecule has 0 spiro atoms. The molecular weight excluding hydrogens is 1080 g/mol. The summed E-state index contributed by atoms with van der Waals surface area (Å²) in [5, 5.41) is 0. The van der Waals surface area contributed by atoms with Gasteiger partial charge in [0, 0.05) is 52.7 Å². The minimum Gasteiger partial charge on any atom is -0.307 e. The fourth-order valence-electron chi connectivity index (χ4n) is 11.4. The standard InChI is InChI=1S/C66H94Br2N2O2S2/c1-5-9-13-17-21-23-27-31-35-51(33-29-25-19-15-11-7-3)49-69-61-45-53(67)37-41-57(61)59(65(69)71)47-55-39-43-63(73-55)64-44-40-56(74-64)48-60-58-42-38-54(68)46-62(58)70(66(60)72)50-52(34-30-26-20-16-12-8-4)36-32-28-24-22-18-14-10-6-2/h37-48,51-52H,5-36,49-50H2,1-4H3/b59-47-,60-48-. The first-order valence-electron chi connectivity index (χ1n) is 30.1. The third kappa shape index (κ3) is 19.3. The van der Waals surface area contributed by atoms with Crippen LogP contribution in [-0.2, 0) is 9.59 Å². The number of hydrogen-bond donors (Lipinski definition) is 0. The first kappa shape index (κ1) is 60.4. The normalized spacial score (nSPS) is 15.3. The van der Waals surface area contributed by atoms with Crippen LogP contribution in [0.3, 0.4) is 0 Å². The molecule has 2 amide bonds. The fourth-order valence-corrected chi connectivity index (χ4v) is 14.1. The van der Waals surface area contributed by atoms with E-state index in [0.29, 0.717) is 11.8 Å². The van der Waals surface area contributed by atoms with Gasteiger partial charge < -0.3 is 9.80 Å². The number of carbonyl (C=O) groups is 2. The van der Waals surface area contributed by atoms with Crippen molar-refractivity contribution in [1.29, 1.82) is 0 Å². The number of unbranched alkanes of at least 4 members (excludes halogenated alkanes) is 24. The zero-order chi connectivity index (χ0) is 52.3. The lowest BCUT2D eigenvalue weighted by atomic mass is 9.93. The molecule has 406 valence electrons. The van der Waals surface area contributed by atoms with Gasteiger partial charge in [0.1, 0.15) is 0 Å². The maximum atomic E-state index is 14.6. The maximum absolute atomic E-state index is 14.6. The van der Waals surface area contributed by atoms with Gasteiger partial charge in [-0.15, -0.1) is 22.7 Å². The lowest BCUT2D eigenvalue weighted by Gasteiger charge is -2.25. The number of hydrogen-bond acceptors (Lipinski definition) is 4. The summed E-state index contributed by atoms with van der Waals surface area (Å²) >= 11 is 11.0. The number of halogens is 2. The van der Waals surface area contributed by atoms with Crippen LogP contribution >= 0.6 is 54.5 Å². The van der Waals surface area contributed by atoms with Crippen LogP contribution in [0.15, 0.2) is 69.6 Å². The van der Waals surface area contributed by atoms with Crippen molar-refractivity contribution in [2.24, 2.45) is 11.8 Å². The molecule has 74 heavy (non-hydrogen) atoms. The Hall–Kier alpha value is -2.78. The number of benzene rings is 2. The topological polar surface area (TPSA) is 40.6 Å². The van der Waals surface area contributed by atoms with Crippen molar-refractivity contribution < 1.29 is 9.59 Å². The van der Waals surface area contributed by atoms with Gasteiger partial charge in [0.15, 0.2) is 0 Å². The molecule has 0 saturated carbocycles. The first-order valence-corrected chi connectivity index (χ1v) is 33.3. The number of anilines is 2. The van der Waals surface area contributed by atoms with E-state index in [4.69, 9.17) is 0 Å². The fraction of sp³-hybridized carbons (Fsp3) is 0.606. The summed E-state index contributed by atoms with van der Waals surface area (Å²) in [6.45, 7) is 10.7. The lowest BCUT2D eigenvalue weighted by Crippen LogP contribution is -2.32. The van der Waals surface area contributed by atoms with Crippen LogP contribution in [0.1, 0.15) is 254 Å². The molecule has 0 radical (unpaired) electrons. The Kier molecular flexibility index (Phi) is 27.9. The second kappa shape index (κ2) is 34.2. The van der Waals surface area contributed by atoms with E-state index in [2.05, 4.69) is 142 Å². The summed E-state index contributed by atoms with van der Waals surface area (Å²) in [4.78, 5) is 38.0. The predicted molar refractivity (Wildman–Crippen MR) is 334 cm³/mol. The van der Waals surface area contributed by atoms with E-state index < -0.39 is 0 Å². The summed E-state index contributed by atoms with van der Waals surface area (Å²) in [6.07, 6.45) is 45.9. The Morgan fingerprint density at radius 3 is 1.01 bits per heavy atom. The Bertz CT molecular complexity index is 2180. The summed E-state index contributed by atoms with van der Waals surface area (Å²) in [5.74, 6) is 1.27. The number of nitrogens with zero attached hydrogens (tertiary/aromatic N) is 2. The second-order valence-electron chi connectivity index (χ2n) is 22.0. The molecule has 0 N–H and O–H groups in total. The minimum absolute atomic E-state index is 0.131. The van der Waals surface area contributed by atoms with Crippen molar-refractivity contribution in [1.82, 2.24) is 0 Å². The summed E-state index contributed by atoms with van der Waals surface area (Å²) in [6, 6.07) is 21.5. The highest BCUT2D eigenvalue weighted by molar-refractivity contribution is 9.10. The number of rotatable bonds is 39. The zero-order valence-electron chi connectivity index (χ0n) is 46.4. The molecule has 8 heteroatoms. The molecular formula is C66H94Br2N2O2S2. The SMILES string of the molecule is CCCCCCCCCCC(CCCCCCCC)CN1C(=O)/C(=C\c2ccc(-c3ccc(/C=C4\C(=O)N(CC(CCCCCCCC)CCCCCCCCCC)c5cc(Br)ccc54)s3)s2)c2ccc(Br)cc21. The molecule has 4 nitrogen and oxygen atoms in total. The number of thiophene rings is 2. The van der Waals surface area contributed by atoms with E-state index in [-0.39, 0.29) is 11.8 Å². The average Bonchev–Trinajstić information content (AvgIpc) is 4.18. The molecule has 4 heterocycles. The van der Waals surface area contributed by atoms with E-state index in [1.807, 2.05) is 0 Å². The smallest absolute Gasteiger partial charge is 0.259 e. The Labute approximate surface area is 475 Å². The summed E-state index contributed by atoms with van der Waals surface area (Å²) < 4.78 is 2.02. The largest absolute Gasteiger partial charge is 0.307 e. The van der Waals surface area contributed by atoms with Gasteiger partial charge in [0.25, 0.3) is 11.8 Å². The van der Waals surface area contributed by atoms with Crippen LogP contribution < -0.4 is 9.80 Å². The highest BCUT2D eigenvalue weighted by atomic mass is 79.9. The van der Waals surface area contributed by atoms with Gasteiger partial charge in [0.05, 0.1) is 22.5 Å². The molecule has 2 aromatic carbocycles. The number of amides is 2. The molecule has 0 saturated heterocycles. The third-order valence-electron chi connectivity index (χ3n) is 15.8. The Morgan fingerprint density at radius 1 is 0.405 bits per heavy atom. The molecule has 0 aliphatic carbocycles. The number of carbonyl (C=O) groups excluding carboxylic acids is 2. The van der Waals surface area contributed by atoms with Crippen molar-refractivity contribution in [3.05, 3.63) is 90.5 Å². The highest BCUT2D eigenvalue weighted by Gasteiger charge is 2.35. The van der Waals surface area contributed by atoms with E-state index in [0.717, 1.165) is 65.4 Å². The molecule has 6 rings (SSSR count). The first-order chi connectivity index (χ1) is 36.2. The van der Waals surface area contributed by atoms with E-state index in [1.165, 1.54) is 215 Å². The molecule has 2 aliphatic rings. The highest BCUT2D eigenvalue weighted by Crippen LogP contribution is 2.45. The number of fused-ring (bicyclic) bond motifs is 2. The van der Waals surface area contributed by atoms with E-state index >= 15 is 0 Å². The van der Waals surface area contributed by atoms with Gasteiger partial charge in [-0.1, -0.05) is 251 Å². The zero-order valence-corrected chi connectivity index (χ0v) is 51.2. The lowest BCUT2D eigenvalue weighted by molar-refractivity contribution is -0.113. The van der Waals surface area contributed by atoms with Gasteiger partial charge in [-0.3, -0.25) is 9.59 Å². The minimum atomic E-state index is 0.131. The van der Waals surface area contributed by atoms with Crippen molar-refractivity contribution in [3.63, 3.8) is 0 Å². The molecule has 0 fully saturated rings. The average molecular weight is 1170 g/mol. The van der Waals surface area contributed by atoms with Crippen LogP contribution in [-0.4, -0.2) is 24.9 Å².